The molecule has 0 fully saturated rings. The molecule has 0 spiro atoms. The quantitative estimate of drug-likeness (QED) is 0.598. The Balaban J connectivity index is 3.03. The third-order valence-electron chi connectivity index (χ3n) is 1.71. The number of rotatable bonds is 2. The van der Waals surface area contributed by atoms with Crippen LogP contribution >= 0.6 is 0 Å². The van der Waals surface area contributed by atoms with Crippen molar-refractivity contribution in [1.82, 2.24) is 4.90 Å². The van der Waals surface area contributed by atoms with E-state index in [-0.39, 0.29) is 17.9 Å². The molecule has 1 aliphatic rings. The molecule has 1 N–H and O–H groups in total. The molecule has 0 radical (unpaired) electrons. The Morgan fingerprint density at radius 3 is 2.50 bits per heavy atom. The maximum absolute atomic E-state index is 11.3. The van der Waals surface area contributed by atoms with Crippen molar-refractivity contribution < 1.29 is 24.2 Å². The van der Waals surface area contributed by atoms with Gasteiger partial charge in [-0.3, -0.25) is 9.59 Å². The van der Waals surface area contributed by atoms with Crippen molar-refractivity contribution in [3.63, 3.8) is 0 Å². The van der Waals surface area contributed by atoms with Crippen LogP contribution in [0, 0.1) is 0 Å². The molecule has 0 saturated heterocycles. The molecule has 1 rings (SSSR count). The molecule has 0 aromatic rings. The van der Waals surface area contributed by atoms with Crippen molar-refractivity contribution in [2.75, 3.05) is 13.6 Å². The van der Waals surface area contributed by atoms with Crippen LogP contribution in [0.5, 0.6) is 0 Å². The van der Waals surface area contributed by atoms with Crippen LogP contribution in [0.25, 0.3) is 0 Å². The lowest BCUT2D eigenvalue weighted by atomic mass is 10.2. The molecule has 0 aliphatic carbocycles. The number of hydrogen-bond donors (Lipinski definition) is 1. The van der Waals surface area contributed by atoms with E-state index in [0.717, 1.165) is 6.92 Å². The third kappa shape index (κ3) is 1.73. The summed E-state index contributed by atoms with van der Waals surface area (Å²) >= 11 is 0. The zero-order chi connectivity index (χ0) is 10.9. The largest absolute Gasteiger partial charge is 0.478 e. The standard InChI is InChI=1S/C8H9NO5/c1-4(10)14-6-5(8(12)13)3-9(2)7(6)11/h3H2,1-2H3,(H,12,13). The summed E-state index contributed by atoms with van der Waals surface area (Å²) in [6, 6.07) is 0. The molecule has 1 aliphatic heterocycles. The van der Waals surface area contributed by atoms with Crippen LogP contribution in [-0.2, 0) is 19.1 Å². The maximum Gasteiger partial charge on any atom is 0.337 e. The highest BCUT2D eigenvalue weighted by molar-refractivity contribution is 6.05. The molecule has 0 unspecified atom stereocenters. The minimum atomic E-state index is -1.25. The summed E-state index contributed by atoms with van der Waals surface area (Å²) in [6.07, 6.45) is 0. The fraction of sp³-hybridized carbons (Fsp3) is 0.375. The second-order valence-corrected chi connectivity index (χ2v) is 2.87. The lowest BCUT2D eigenvalue weighted by Crippen LogP contribution is -2.23. The number of amides is 1. The summed E-state index contributed by atoms with van der Waals surface area (Å²) in [5.74, 6) is -2.92. The van der Waals surface area contributed by atoms with Gasteiger partial charge in [0.15, 0.2) is 0 Å². The van der Waals surface area contributed by atoms with Crippen LogP contribution in [-0.4, -0.2) is 41.4 Å². The number of carbonyl (C=O) groups excluding carboxylic acids is 2. The lowest BCUT2D eigenvalue weighted by molar-refractivity contribution is -0.142. The van der Waals surface area contributed by atoms with Crippen LogP contribution in [0.4, 0.5) is 0 Å². The van der Waals surface area contributed by atoms with Crippen molar-refractivity contribution in [2.24, 2.45) is 0 Å². The van der Waals surface area contributed by atoms with E-state index >= 15 is 0 Å². The van der Waals surface area contributed by atoms with Gasteiger partial charge in [-0.15, -0.1) is 0 Å². The molecular weight excluding hydrogens is 190 g/mol. The minimum absolute atomic E-state index is 0.0449. The summed E-state index contributed by atoms with van der Waals surface area (Å²) in [7, 11) is 1.43. The SMILES string of the molecule is CC(=O)OC1=C(C(=O)O)CN(C)C1=O. The summed E-state index contributed by atoms with van der Waals surface area (Å²) in [6.45, 7) is 1.06. The highest BCUT2D eigenvalue weighted by Gasteiger charge is 2.34. The zero-order valence-corrected chi connectivity index (χ0v) is 7.73. The fourth-order valence-corrected chi connectivity index (χ4v) is 1.10. The normalized spacial score (nSPS) is 16.1. The van der Waals surface area contributed by atoms with Crippen molar-refractivity contribution in [3.05, 3.63) is 11.3 Å². The molecule has 0 bridgehead atoms. The summed E-state index contributed by atoms with van der Waals surface area (Å²) in [5, 5.41) is 8.70. The Hall–Kier alpha value is -1.85. The first-order valence-electron chi connectivity index (χ1n) is 3.83. The van der Waals surface area contributed by atoms with E-state index in [4.69, 9.17) is 5.11 Å². The van der Waals surface area contributed by atoms with Gasteiger partial charge in [0.2, 0.25) is 5.76 Å². The Morgan fingerprint density at radius 1 is 1.50 bits per heavy atom. The maximum atomic E-state index is 11.3. The molecular formula is C8H9NO5. The molecule has 76 valence electrons. The number of likely N-dealkylation sites (N-methyl/N-ethyl adjacent to an activating group) is 1. The molecule has 0 aromatic heterocycles. The van der Waals surface area contributed by atoms with E-state index in [1.54, 1.807) is 0 Å². The van der Waals surface area contributed by atoms with E-state index in [9.17, 15) is 14.4 Å². The minimum Gasteiger partial charge on any atom is -0.478 e. The van der Waals surface area contributed by atoms with Crippen LogP contribution in [0.3, 0.4) is 0 Å². The Morgan fingerprint density at radius 2 is 2.07 bits per heavy atom. The number of carboxylic acid groups (broad SMARTS) is 1. The summed E-state index contributed by atoms with van der Waals surface area (Å²) in [5.41, 5.74) is -0.187. The van der Waals surface area contributed by atoms with Gasteiger partial charge >= 0.3 is 11.9 Å². The van der Waals surface area contributed by atoms with E-state index in [0.29, 0.717) is 0 Å². The molecule has 0 aromatic carbocycles. The average molecular weight is 199 g/mol. The molecule has 6 nitrogen and oxygen atoms in total. The van der Waals surface area contributed by atoms with Crippen molar-refractivity contribution in [1.29, 1.82) is 0 Å². The van der Waals surface area contributed by atoms with Crippen molar-refractivity contribution in [3.8, 4) is 0 Å². The van der Waals surface area contributed by atoms with E-state index in [1.807, 2.05) is 0 Å². The van der Waals surface area contributed by atoms with Gasteiger partial charge < -0.3 is 14.7 Å². The first-order chi connectivity index (χ1) is 6.43. The van der Waals surface area contributed by atoms with Gasteiger partial charge in [0.25, 0.3) is 5.91 Å². The van der Waals surface area contributed by atoms with Gasteiger partial charge in [-0.25, -0.2) is 4.79 Å². The first-order valence-corrected chi connectivity index (χ1v) is 3.83. The molecule has 1 amide bonds. The molecule has 1 heterocycles. The van der Waals surface area contributed by atoms with Gasteiger partial charge in [-0.05, 0) is 0 Å². The van der Waals surface area contributed by atoms with Gasteiger partial charge in [0, 0.05) is 14.0 Å². The number of ether oxygens (including phenoxy) is 1. The highest BCUT2D eigenvalue weighted by atomic mass is 16.5. The number of esters is 1. The van der Waals surface area contributed by atoms with E-state index < -0.39 is 17.8 Å². The van der Waals surface area contributed by atoms with Gasteiger partial charge in [0.05, 0.1) is 6.54 Å². The fourth-order valence-electron chi connectivity index (χ4n) is 1.10. The zero-order valence-electron chi connectivity index (χ0n) is 7.73. The molecule has 6 heteroatoms. The van der Waals surface area contributed by atoms with Crippen LogP contribution in [0.2, 0.25) is 0 Å². The highest BCUT2D eigenvalue weighted by Crippen LogP contribution is 2.18. The second-order valence-electron chi connectivity index (χ2n) is 2.87. The topological polar surface area (TPSA) is 83.9 Å². The molecule has 0 saturated carbocycles. The number of aliphatic carboxylic acids is 1. The van der Waals surface area contributed by atoms with E-state index in [2.05, 4.69) is 4.74 Å². The predicted molar refractivity (Wildman–Crippen MR) is 44.1 cm³/mol. The number of hydrogen-bond acceptors (Lipinski definition) is 4. The number of carboxylic acids is 1. The average Bonchev–Trinajstić information content (AvgIpc) is 2.32. The monoisotopic (exact) mass is 199 g/mol. The van der Waals surface area contributed by atoms with Gasteiger partial charge in [-0.1, -0.05) is 0 Å². The third-order valence-corrected chi connectivity index (χ3v) is 1.71. The Kier molecular flexibility index (Phi) is 2.55. The van der Waals surface area contributed by atoms with Gasteiger partial charge in [0.1, 0.15) is 5.57 Å². The van der Waals surface area contributed by atoms with E-state index in [1.165, 1.54) is 11.9 Å². The van der Waals surface area contributed by atoms with Crippen LogP contribution in [0.15, 0.2) is 11.3 Å². The summed E-state index contributed by atoms with van der Waals surface area (Å²) in [4.78, 5) is 33.7. The molecule has 0 atom stereocenters. The van der Waals surface area contributed by atoms with Crippen molar-refractivity contribution in [2.45, 2.75) is 6.92 Å². The van der Waals surface area contributed by atoms with Crippen LogP contribution < -0.4 is 0 Å². The second kappa shape index (κ2) is 3.49. The Bertz CT molecular complexity index is 344. The van der Waals surface area contributed by atoms with Crippen molar-refractivity contribution >= 4 is 17.8 Å². The molecule has 14 heavy (non-hydrogen) atoms. The number of nitrogens with zero attached hydrogens (tertiary/aromatic N) is 1. The smallest absolute Gasteiger partial charge is 0.337 e. The summed E-state index contributed by atoms with van der Waals surface area (Å²) < 4.78 is 4.54. The predicted octanol–water partition coefficient (Wildman–Crippen LogP) is -0.640. The van der Waals surface area contributed by atoms with Gasteiger partial charge in [-0.2, -0.15) is 0 Å². The van der Waals surface area contributed by atoms with Crippen LogP contribution in [0.1, 0.15) is 6.92 Å². The number of carbonyl (C=O) groups is 3. The Labute approximate surface area is 79.8 Å². The lowest BCUT2D eigenvalue weighted by Gasteiger charge is -2.06. The first kappa shape index (κ1) is 10.2.